The fourth-order valence-electron chi connectivity index (χ4n) is 2.10. The summed E-state index contributed by atoms with van der Waals surface area (Å²) in [5, 5.41) is 3.12. The van der Waals surface area contributed by atoms with Crippen molar-refractivity contribution in [1.29, 1.82) is 0 Å². The molecule has 0 bridgehead atoms. The van der Waals surface area contributed by atoms with Gasteiger partial charge in [0.25, 0.3) is 0 Å². The lowest BCUT2D eigenvalue weighted by molar-refractivity contribution is 0.0899. The molecule has 1 aliphatic carbocycles. The van der Waals surface area contributed by atoms with E-state index >= 15 is 0 Å². The second-order valence-corrected chi connectivity index (χ2v) is 5.51. The van der Waals surface area contributed by atoms with Crippen LogP contribution in [-0.2, 0) is 0 Å². The van der Waals surface area contributed by atoms with Crippen molar-refractivity contribution in [3.05, 3.63) is 33.8 Å². The fraction of sp³-hybridized carbons (Fsp3) is 0.462. The highest BCUT2D eigenvalue weighted by Gasteiger charge is 2.49. The van der Waals surface area contributed by atoms with Gasteiger partial charge < -0.3 is 5.32 Å². The molecule has 0 saturated heterocycles. The van der Waals surface area contributed by atoms with Gasteiger partial charge in [-0.25, -0.2) is 0 Å². The van der Waals surface area contributed by atoms with Gasteiger partial charge in [-0.2, -0.15) is 0 Å². The van der Waals surface area contributed by atoms with Crippen LogP contribution in [0.2, 0.25) is 0 Å². The van der Waals surface area contributed by atoms with E-state index in [2.05, 4.69) is 21.2 Å². The summed E-state index contributed by atoms with van der Waals surface area (Å²) in [7, 11) is 1.90. The van der Waals surface area contributed by atoms with Crippen LogP contribution in [0.25, 0.3) is 0 Å². The Kier molecular flexibility index (Phi) is 3.17. The molecular formula is C13H16BrNO. The van der Waals surface area contributed by atoms with Crippen molar-refractivity contribution < 1.29 is 4.79 Å². The van der Waals surface area contributed by atoms with Crippen molar-refractivity contribution in [3.8, 4) is 0 Å². The summed E-state index contributed by atoms with van der Waals surface area (Å²) in [6.07, 6.45) is 2.03. The molecule has 0 radical (unpaired) electrons. The van der Waals surface area contributed by atoms with Crippen LogP contribution in [0, 0.1) is 12.3 Å². The Bertz CT molecular complexity index is 424. The van der Waals surface area contributed by atoms with Gasteiger partial charge in [-0.15, -0.1) is 0 Å². The molecule has 1 saturated carbocycles. The first-order valence-electron chi connectivity index (χ1n) is 5.55. The number of Topliss-reactive ketones (excluding diaryl/α,β-unsaturated/α-hetero) is 1. The molecule has 1 fully saturated rings. The summed E-state index contributed by atoms with van der Waals surface area (Å²) < 4.78 is 0.974. The topological polar surface area (TPSA) is 29.1 Å². The van der Waals surface area contributed by atoms with Crippen molar-refractivity contribution in [3.63, 3.8) is 0 Å². The number of benzene rings is 1. The van der Waals surface area contributed by atoms with E-state index in [4.69, 9.17) is 0 Å². The van der Waals surface area contributed by atoms with E-state index in [-0.39, 0.29) is 5.41 Å². The van der Waals surface area contributed by atoms with Crippen LogP contribution in [0.3, 0.4) is 0 Å². The summed E-state index contributed by atoms with van der Waals surface area (Å²) in [4.78, 5) is 12.4. The molecule has 16 heavy (non-hydrogen) atoms. The zero-order valence-electron chi connectivity index (χ0n) is 9.64. The molecule has 1 aliphatic rings. The van der Waals surface area contributed by atoms with Gasteiger partial charge in [0.15, 0.2) is 5.78 Å². The van der Waals surface area contributed by atoms with Crippen molar-refractivity contribution in [2.75, 3.05) is 13.6 Å². The molecule has 0 unspecified atom stereocenters. The van der Waals surface area contributed by atoms with Crippen LogP contribution in [0.1, 0.15) is 28.8 Å². The molecule has 2 rings (SSSR count). The molecule has 0 aromatic heterocycles. The fourth-order valence-corrected chi connectivity index (χ4v) is 2.46. The third-order valence-corrected chi connectivity index (χ3v) is 3.79. The molecule has 0 aliphatic heterocycles. The third kappa shape index (κ3) is 2.06. The Morgan fingerprint density at radius 1 is 1.50 bits per heavy atom. The molecule has 1 aromatic carbocycles. The van der Waals surface area contributed by atoms with E-state index in [1.807, 2.05) is 32.2 Å². The van der Waals surface area contributed by atoms with Gasteiger partial charge in [-0.3, -0.25) is 4.79 Å². The molecule has 3 heteroatoms. The quantitative estimate of drug-likeness (QED) is 0.860. The lowest BCUT2D eigenvalue weighted by Gasteiger charge is -2.15. The minimum Gasteiger partial charge on any atom is -0.319 e. The summed E-state index contributed by atoms with van der Waals surface area (Å²) in [6.45, 7) is 2.78. The number of ketones is 1. The summed E-state index contributed by atoms with van der Waals surface area (Å²) in [5.41, 5.74) is 1.80. The minimum atomic E-state index is -0.125. The number of rotatable bonds is 4. The Morgan fingerprint density at radius 3 is 2.75 bits per heavy atom. The number of carbonyl (C=O) groups is 1. The average Bonchev–Trinajstić information content (AvgIpc) is 3.02. The highest BCUT2D eigenvalue weighted by atomic mass is 79.9. The summed E-state index contributed by atoms with van der Waals surface area (Å²) in [5.74, 6) is 0.292. The first-order chi connectivity index (χ1) is 7.59. The predicted molar refractivity (Wildman–Crippen MR) is 68.8 cm³/mol. The Labute approximate surface area is 105 Å². The zero-order chi connectivity index (χ0) is 11.8. The van der Waals surface area contributed by atoms with Crippen molar-refractivity contribution in [2.45, 2.75) is 19.8 Å². The second-order valence-electron chi connectivity index (χ2n) is 4.60. The van der Waals surface area contributed by atoms with Crippen molar-refractivity contribution >= 4 is 21.7 Å². The molecular weight excluding hydrogens is 266 g/mol. The first-order valence-corrected chi connectivity index (χ1v) is 6.34. The molecule has 0 heterocycles. The number of nitrogens with one attached hydrogen (secondary N) is 1. The van der Waals surface area contributed by atoms with E-state index in [9.17, 15) is 4.79 Å². The van der Waals surface area contributed by atoms with E-state index < -0.39 is 0 Å². The average molecular weight is 282 g/mol. The molecule has 0 amide bonds. The van der Waals surface area contributed by atoms with Crippen LogP contribution in [-0.4, -0.2) is 19.4 Å². The van der Waals surface area contributed by atoms with Crippen molar-refractivity contribution in [2.24, 2.45) is 5.41 Å². The highest BCUT2D eigenvalue weighted by Crippen LogP contribution is 2.48. The van der Waals surface area contributed by atoms with E-state index in [1.54, 1.807) is 0 Å². The lowest BCUT2D eigenvalue weighted by atomic mass is 9.92. The van der Waals surface area contributed by atoms with Gasteiger partial charge in [0.05, 0.1) is 0 Å². The van der Waals surface area contributed by atoms with Crippen LogP contribution in [0.5, 0.6) is 0 Å². The predicted octanol–water partition coefficient (Wildman–Crippen LogP) is 2.94. The van der Waals surface area contributed by atoms with E-state index in [1.165, 1.54) is 0 Å². The van der Waals surface area contributed by atoms with Crippen molar-refractivity contribution in [1.82, 2.24) is 5.32 Å². The van der Waals surface area contributed by atoms with Crippen LogP contribution in [0.4, 0.5) is 0 Å². The maximum absolute atomic E-state index is 12.4. The molecule has 0 spiro atoms. The van der Waals surface area contributed by atoms with Gasteiger partial charge in [-0.05, 0) is 44.5 Å². The zero-order valence-corrected chi connectivity index (χ0v) is 11.2. The van der Waals surface area contributed by atoms with Gasteiger partial charge in [0.2, 0.25) is 0 Å². The smallest absolute Gasteiger partial charge is 0.170 e. The monoisotopic (exact) mass is 281 g/mol. The molecule has 0 atom stereocenters. The Hall–Kier alpha value is -0.670. The third-order valence-electron chi connectivity index (χ3n) is 3.29. The SMILES string of the molecule is CNCC1(C(=O)c2cc(Br)ccc2C)CC1. The van der Waals surface area contributed by atoms with Gasteiger partial charge >= 0.3 is 0 Å². The minimum absolute atomic E-state index is 0.125. The van der Waals surface area contributed by atoms with E-state index in [0.717, 1.165) is 35.0 Å². The maximum atomic E-state index is 12.4. The van der Waals surface area contributed by atoms with Gasteiger partial charge in [0.1, 0.15) is 0 Å². The molecule has 86 valence electrons. The Morgan fingerprint density at radius 2 is 2.19 bits per heavy atom. The summed E-state index contributed by atoms with van der Waals surface area (Å²) >= 11 is 3.42. The standard InChI is InChI=1S/C13H16BrNO/c1-9-3-4-10(14)7-11(9)12(16)13(5-6-13)8-15-2/h3-4,7,15H,5-6,8H2,1-2H3. The number of halogens is 1. The summed E-state index contributed by atoms with van der Waals surface area (Å²) in [6, 6.07) is 5.91. The van der Waals surface area contributed by atoms with Crippen LogP contribution < -0.4 is 5.32 Å². The van der Waals surface area contributed by atoms with Gasteiger partial charge in [0, 0.05) is 22.0 Å². The highest BCUT2D eigenvalue weighted by molar-refractivity contribution is 9.10. The molecule has 2 nitrogen and oxygen atoms in total. The maximum Gasteiger partial charge on any atom is 0.170 e. The number of hydrogen-bond acceptors (Lipinski definition) is 2. The number of hydrogen-bond donors (Lipinski definition) is 1. The molecule has 1 aromatic rings. The number of aryl methyl sites for hydroxylation is 1. The normalized spacial score (nSPS) is 17.2. The van der Waals surface area contributed by atoms with Crippen LogP contribution in [0.15, 0.2) is 22.7 Å². The molecule has 1 N–H and O–H groups in total. The lowest BCUT2D eigenvalue weighted by Crippen LogP contribution is -2.28. The van der Waals surface area contributed by atoms with E-state index in [0.29, 0.717) is 5.78 Å². The Balaban J connectivity index is 2.30. The van der Waals surface area contributed by atoms with Crippen LogP contribution >= 0.6 is 15.9 Å². The number of carbonyl (C=O) groups excluding carboxylic acids is 1. The first kappa shape index (κ1) is 11.8. The van der Waals surface area contributed by atoms with Gasteiger partial charge in [-0.1, -0.05) is 22.0 Å². The second kappa shape index (κ2) is 4.30. The largest absolute Gasteiger partial charge is 0.319 e.